The molecule has 1 aliphatic carbocycles. The molecule has 2 aliphatic heterocycles. The molecule has 0 bridgehead atoms. The molecule has 0 radical (unpaired) electrons. The van der Waals surface area contributed by atoms with E-state index in [1.165, 1.54) is 11.1 Å². The summed E-state index contributed by atoms with van der Waals surface area (Å²) in [5.74, 6) is 1.20. The summed E-state index contributed by atoms with van der Waals surface area (Å²) in [6.07, 6.45) is 4.66. The smallest absolute Gasteiger partial charge is 0.225 e. The molecular weight excluding hydrogens is 342 g/mol. The van der Waals surface area contributed by atoms with E-state index in [0.717, 1.165) is 68.1 Å². The normalized spacial score (nSPS) is 24.3. The number of nitrogens with zero attached hydrogens (tertiary/aromatic N) is 2. The highest BCUT2D eigenvalue weighted by atomic mass is 16.5. The lowest BCUT2D eigenvalue weighted by atomic mass is 9.81. The Morgan fingerprint density at radius 1 is 1.22 bits per heavy atom. The van der Waals surface area contributed by atoms with Crippen molar-refractivity contribution in [2.75, 3.05) is 19.7 Å². The van der Waals surface area contributed by atoms with E-state index >= 15 is 0 Å². The maximum atomic E-state index is 12.6. The first kappa shape index (κ1) is 16.8. The second kappa shape index (κ2) is 6.68. The minimum atomic E-state index is -0.289. The lowest BCUT2D eigenvalue weighted by Gasteiger charge is -2.34. The van der Waals surface area contributed by atoms with Gasteiger partial charge in [0.15, 0.2) is 0 Å². The van der Waals surface area contributed by atoms with Crippen molar-refractivity contribution in [2.24, 2.45) is 5.92 Å². The van der Waals surface area contributed by atoms with Crippen LogP contribution in [0.2, 0.25) is 0 Å². The number of hydrogen-bond acceptors (Lipinski definition) is 4. The van der Waals surface area contributed by atoms with E-state index in [9.17, 15) is 9.90 Å². The first-order valence-corrected chi connectivity index (χ1v) is 9.98. The maximum Gasteiger partial charge on any atom is 0.225 e. The Morgan fingerprint density at radius 3 is 2.93 bits per heavy atom. The number of aliphatic hydroxyl groups is 1. The van der Waals surface area contributed by atoms with Gasteiger partial charge in [-0.05, 0) is 55.9 Å². The molecule has 1 saturated carbocycles. The number of hydrogen-bond donors (Lipinski definition) is 2. The molecule has 6 nitrogen and oxygen atoms in total. The highest BCUT2D eigenvalue weighted by molar-refractivity contribution is 5.80. The van der Waals surface area contributed by atoms with Gasteiger partial charge in [0.1, 0.15) is 5.75 Å². The predicted molar refractivity (Wildman–Crippen MR) is 101 cm³/mol. The highest BCUT2D eigenvalue weighted by Gasteiger charge is 2.36. The third-order valence-electron chi connectivity index (χ3n) is 6.17. The lowest BCUT2D eigenvalue weighted by Crippen LogP contribution is -2.44. The molecular formula is C21H25N3O3. The van der Waals surface area contributed by atoms with Crippen LogP contribution in [0.1, 0.15) is 36.1 Å². The summed E-state index contributed by atoms with van der Waals surface area (Å²) in [4.78, 5) is 14.6. The monoisotopic (exact) mass is 367 g/mol. The van der Waals surface area contributed by atoms with Gasteiger partial charge < -0.3 is 14.7 Å². The lowest BCUT2D eigenvalue weighted by molar-refractivity contribution is -0.142. The highest BCUT2D eigenvalue weighted by Crippen LogP contribution is 2.33. The first-order valence-electron chi connectivity index (χ1n) is 9.98. The number of nitrogens with one attached hydrogen (secondary N) is 1. The first-order chi connectivity index (χ1) is 13.2. The molecule has 1 fully saturated rings. The Morgan fingerprint density at radius 2 is 2.07 bits per heavy atom. The Bertz CT molecular complexity index is 870. The minimum absolute atomic E-state index is 0.00897. The molecule has 1 aromatic heterocycles. The molecule has 0 spiro atoms. The fourth-order valence-corrected chi connectivity index (χ4v) is 4.50. The van der Waals surface area contributed by atoms with Crippen LogP contribution in [0.25, 0.3) is 11.3 Å². The van der Waals surface area contributed by atoms with Crippen LogP contribution in [0.15, 0.2) is 18.2 Å². The molecule has 3 aliphatic rings. The van der Waals surface area contributed by atoms with E-state index in [2.05, 4.69) is 28.4 Å². The standard InChI is InChI=1S/C21H25N3O3/c25-16-11-15(12-16)21(26)24-7-5-17-18(6-8-24)22-23-20(17)14-3-4-19-13(10-14)2-1-9-27-19/h3-4,10,15-16,25H,1-2,5-9,11-12H2,(H,22,23). The summed E-state index contributed by atoms with van der Waals surface area (Å²) in [6.45, 7) is 2.24. The van der Waals surface area contributed by atoms with Crippen molar-refractivity contribution in [3.63, 3.8) is 0 Å². The van der Waals surface area contributed by atoms with Crippen molar-refractivity contribution in [3.05, 3.63) is 35.0 Å². The van der Waals surface area contributed by atoms with Crippen LogP contribution in [0.4, 0.5) is 0 Å². The van der Waals surface area contributed by atoms with Crippen molar-refractivity contribution in [1.82, 2.24) is 15.1 Å². The Hall–Kier alpha value is -2.34. The van der Waals surface area contributed by atoms with Gasteiger partial charge in [0, 0.05) is 42.2 Å². The van der Waals surface area contributed by atoms with Gasteiger partial charge in [-0.2, -0.15) is 5.10 Å². The third-order valence-corrected chi connectivity index (χ3v) is 6.17. The zero-order valence-corrected chi connectivity index (χ0v) is 15.4. The molecule has 142 valence electrons. The van der Waals surface area contributed by atoms with E-state index < -0.39 is 0 Å². The van der Waals surface area contributed by atoms with Crippen molar-refractivity contribution < 1.29 is 14.6 Å². The second-order valence-electron chi connectivity index (χ2n) is 7.95. The summed E-state index contributed by atoms with van der Waals surface area (Å²) in [6, 6.07) is 6.35. The zero-order chi connectivity index (χ0) is 18.4. The molecule has 0 saturated heterocycles. The second-order valence-corrected chi connectivity index (χ2v) is 7.95. The summed E-state index contributed by atoms with van der Waals surface area (Å²) in [5.41, 5.74) is 5.76. The van der Waals surface area contributed by atoms with Crippen LogP contribution < -0.4 is 4.74 Å². The van der Waals surface area contributed by atoms with Crippen LogP contribution >= 0.6 is 0 Å². The molecule has 5 rings (SSSR count). The van der Waals surface area contributed by atoms with Crippen LogP contribution in [0, 0.1) is 5.92 Å². The van der Waals surface area contributed by atoms with Crippen LogP contribution in [0.3, 0.4) is 0 Å². The molecule has 1 aromatic carbocycles. The van der Waals surface area contributed by atoms with Gasteiger partial charge in [0.25, 0.3) is 0 Å². The van der Waals surface area contributed by atoms with Gasteiger partial charge in [-0.1, -0.05) is 0 Å². The van der Waals surface area contributed by atoms with Gasteiger partial charge in [-0.15, -0.1) is 0 Å². The Labute approximate surface area is 158 Å². The average molecular weight is 367 g/mol. The maximum absolute atomic E-state index is 12.6. The number of aliphatic hydroxyl groups excluding tert-OH is 1. The van der Waals surface area contributed by atoms with E-state index in [1.807, 2.05) is 4.90 Å². The van der Waals surface area contributed by atoms with Crippen molar-refractivity contribution >= 4 is 5.91 Å². The molecule has 2 aromatic rings. The number of carbonyl (C=O) groups is 1. The largest absolute Gasteiger partial charge is 0.493 e. The molecule has 2 N–H and O–H groups in total. The van der Waals surface area contributed by atoms with E-state index in [1.54, 1.807) is 0 Å². The summed E-state index contributed by atoms with van der Waals surface area (Å²) < 4.78 is 5.72. The summed E-state index contributed by atoms with van der Waals surface area (Å²) in [7, 11) is 0. The molecule has 0 atom stereocenters. The van der Waals surface area contributed by atoms with E-state index in [4.69, 9.17) is 4.74 Å². The van der Waals surface area contributed by atoms with Crippen LogP contribution in [-0.4, -0.2) is 51.9 Å². The number of rotatable bonds is 2. The number of ether oxygens (including phenoxy) is 1. The summed E-state index contributed by atoms with van der Waals surface area (Å²) >= 11 is 0. The van der Waals surface area contributed by atoms with Crippen molar-refractivity contribution in [1.29, 1.82) is 0 Å². The number of aryl methyl sites for hydroxylation is 1. The van der Waals surface area contributed by atoms with Crippen LogP contribution in [-0.2, 0) is 24.1 Å². The fraction of sp³-hybridized carbons (Fsp3) is 0.524. The summed E-state index contributed by atoms with van der Waals surface area (Å²) in [5, 5.41) is 17.3. The molecule has 0 unspecified atom stereocenters. The SMILES string of the molecule is O=C(C1CC(O)C1)N1CCc2[nH]nc(-c3ccc4c(c3)CCCO4)c2CC1. The number of amides is 1. The number of benzene rings is 1. The molecule has 3 heterocycles. The molecule has 6 heteroatoms. The number of H-pyrrole nitrogens is 1. The third kappa shape index (κ3) is 3.02. The number of aromatic nitrogens is 2. The van der Waals surface area contributed by atoms with Gasteiger partial charge in [-0.25, -0.2) is 0 Å². The predicted octanol–water partition coefficient (Wildman–Crippen LogP) is 2.10. The minimum Gasteiger partial charge on any atom is -0.493 e. The quantitative estimate of drug-likeness (QED) is 0.852. The van der Waals surface area contributed by atoms with E-state index in [-0.39, 0.29) is 17.9 Å². The van der Waals surface area contributed by atoms with Crippen LogP contribution in [0.5, 0.6) is 5.75 Å². The fourth-order valence-electron chi connectivity index (χ4n) is 4.50. The number of carbonyl (C=O) groups excluding carboxylic acids is 1. The number of fused-ring (bicyclic) bond motifs is 2. The van der Waals surface area contributed by atoms with Crippen molar-refractivity contribution in [3.8, 4) is 17.0 Å². The Kier molecular flexibility index (Phi) is 4.16. The molecule has 1 amide bonds. The van der Waals surface area contributed by atoms with Gasteiger partial charge >= 0.3 is 0 Å². The van der Waals surface area contributed by atoms with Gasteiger partial charge in [0.2, 0.25) is 5.91 Å². The topological polar surface area (TPSA) is 78.5 Å². The molecule has 27 heavy (non-hydrogen) atoms. The van der Waals surface area contributed by atoms with Crippen molar-refractivity contribution in [2.45, 2.75) is 44.6 Å². The van der Waals surface area contributed by atoms with Gasteiger partial charge in [-0.3, -0.25) is 9.89 Å². The number of aromatic amines is 1. The van der Waals surface area contributed by atoms with Gasteiger partial charge in [0.05, 0.1) is 18.4 Å². The average Bonchev–Trinajstić information content (AvgIpc) is 2.96. The Balaban J connectivity index is 1.36. The zero-order valence-electron chi connectivity index (χ0n) is 15.4. The van der Waals surface area contributed by atoms with E-state index in [0.29, 0.717) is 12.8 Å².